The Labute approximate surface area is 142 Å². The van der Waals surface area contributed by atoms with Crippen LogP contribution in [0, 0.1) is 5.92 Å². The minimum absolute atomic E-state index is 0.311. The average Bonchev–Trinajstić information content (AvgIpc) is 2.54. The number of aliphatic hydroxyl groups is 1. The Morgan fingerprint density at radius 1 is 1.33 bits per heavy atom. The maximum atomic E-state index is 11.0. The van der Waals surface area contributed by atoms with Gasteiger partial charge in [0, 0.05) is 6.20 Å². The van der Waals surface area contributed by atoms with Crippen molar-refractivity contribution in [1.82, 2.24) is 5.32 Å². The molecule has 24 heavy (non-hydrogen) atoms. The summed E-state index contributed by atoms with van der Waals surface area (Å²) in [5.41, 5.74) is 6.67. The summed E-state index contributed by atoms with van der Waals surface area (Å²) in [5, 5.41) is 12.4. The summed E-state index contributed by atoms with van der Waals surface area (Å²) < 4.78 is 15.4. The number of hydrogen-bond acceptors (Lipinski definition) is 6. The van der Waals surface area contributed by atoms with Gasteiger partial charge in [-0.15, -0.1) is 0 Å². The van der Waals surface area contributed by atoms with Crippen molar-refractivity contribution in [2.45, 2.75) is 32.6 Å². The zero-order valence-corrected chi connectivity index (χ0v) is 14.5. The number of nitrogens with one attached hydrogen (secondary N) is 1. The minimum Gasteiger partial charge on any atom is -0.493 e. The summed E-state index contributed by atoms with van der Waals surface area (Å²) in [4.78, 5) is 11.0. The standard InChI is InChI=1S/C17H26N2O5/c1-11(2)9-13(20)16(18)24-14-6-5-12(10-15(14)22-3)7-8-19-17(21)23-4/h5-8,10-11,13,16,20H,9,18H2,1-4H3,(H,19,21)/b8-7+. The highest BCUT2D eigenvalue weighted by Crippen LogP contribution is 2.29. The number of carbonyl (C=O) groups is 1. The predicted molar refractivity (Wildman–Crippen MR) is 91.6 cm³/mol. The minimum atomic E-state index is -0.844. The first-order valence-electron chi connectivity index (χ1n) is 7.66. The molecule has 1 rings (SSSR count). The maximum absolute atomic E-state index is 11.0. The SMILES string of the molecule is COC(=O)N/C=C/c1ccc(OC(N)C(O)CC(C)C)c(OC)c1. The van der Waals surface area contributed by atoms with E-state index in [4.69, 9.17) is 15.2 Å². The molecule has 7 heteroatoms. The molecule has 0 heterocycles. The van der Waals surface area contributed by atoms with Gasteiger partial charge in [0.25, 0.3) is 0 Å². The number of hydrogen-bond donors (Lipinski definition) is 3. The van der Waals surface area contributed by atoms with E-state index in [1.54, 1.807) is 24.3 Å². The summed E-state index contributed by atoms with van der Waals surface area (Å²) >= 11 is 0. The second-order valence-corrected chi connectivity index (χ2v) is 5.66. The van der Waals surface area contributed by atoms with Gasteiger partial charge in [-0.25, -0.2) is 4.79 Å². The molecule has 0 fully saturated rings. The van der Waals surface area contributed by atoms with Gasteiger partial charge >= 0.3 is 6.09 Å². The average molecular weight is 338 g/mol. The van der Waals surface area contributed by atoms with Crippen molar-refractivity contribution in [2.75, 3.05) is 14.2 Å². The van der Waals surface area contributed by atoms with Crippen molar-refractivity contribution in [2.24, 2.45) is 11.7 Å². The molecule has 0 aromatic heterocycles. The van der Waals surface area contributed by atoms with Gasteiger partial charge in [-0.1, -0.05) is 19.9 Å². The molecule has 2 atom stereocenters. The lowest BCUT2D eigenvalue weighted by molar-refractivity contribution is 0.0255. The van der Waals surface area contributed by atoms with Crippen LogP contribution < -0.4 is 20.5 Å². The molecular formula is C17H26N2O5. The number of carbonyl (C=O) groups excluding carboxylic acids is 1. The molecule has 0 saturated heterocycles. The Hall–Kier alpha value is -2.25. The van der Waals surface area contributed by atoms with Crippen LogP contribution in [0.3, 0.4) is 0 Å². The first-order chi connectivity index (χ1) is 11.4. The van der Waals surface area contributed by atoms with Crippen molar-refractivity contribution < 1.29 is 24.1 Å². The smallest absolute Gasteiger partial charge is 0.410 e. The van der Waals surface area contributed by atoms with Crippen LogP contribution in [0.15, 0.2) is 24.4 Å². The van der Waals surface area contributed by atoms with Crippen LogP contribution in [0.4, 0.5) is 4.79 Å². The number of alkyl carbamates (subject to hydrolysis) is 1. The van der Waals surface area contributed by atoms with Gasteiger partial charge in [-0.05, 0) is 36.1 Å². The van der Waals surface area contributed by atoms with Crippen LogP contribution in [0.2, 0.25) is 0 Å². The van der Waals surface area contributed by atoms with Crippen molar-refractivity contribution in [3.8, 4) is 11.5 Å². The van der Waals surface area contributed by atoms with Crippen molar-refractivity contribution >= 4 is 12.2 Å². The Bertz CT molecular complexity index is 560. The summed E-state index contributed by atoms with van der Waals surface area (Å²) in [6.45, 7) is 4.00. The topological polar surface area (TPSA) is 103 Å². The third kappa shape index (κ3) is 6.47. The van der Waals surface area contributed by atoms with Crippen molar-refractivity contribution in [3.05, 3.63) is 30.0 Å². The largest absolute Gasteiger partial charge is 0.493 e. The van der Waals surface area contributed by atoms with Gasteiger partial charge in [0.1, 0.15) is 6.10 Å². The number of methoxy groups -OCH3 is 2. The van der Waals surface area contributed by atoms with E-state index < -0.39 is 18.4 Å². The fraction of sp³-hybridized carbons (Fsp3) is 0.471. The van der Waals surface area contributed by atoms with Crippen LogP contribution in [0.1, 0.15) is 25.8 Å². The van der Waals surface area contributed by atoms with E-state index >= 15 is 0 Å². The van der Waals surface area contributed by atoms with Crippen LogP contribution in [-0.4, -0.2) is 37.8 Å². The number of nitrogens with two attached hydrogens (primary N) is 1. The molecule has 0 spiro atoms. The first kappa shape index (κ1) is 19.8. The second-order valence-electron chi connectivity index (χ2n) is 5.66. The van der Waals surface area contributed by atoms with Gasteiger partial charge in [0.05, 0.1) is 14.2 Å². The summed E-state index contributed by atoms with van der Waals surface area (Å²) in [6.07, 6.45) is 1.52. The van der Waals surface area contributed by atoms with Crippen LogP contribution in [-0.2, 0) is 4.74 Å². The van der Waals surface area contributed by atoms with E-state index in [2.05, 4.69) is 10.1 Å². The van der Waals surface area contributed by atoms with E-state index in [1.165, 1.54) is 20.4 Å². The normalized spacial score (nSPS) is 13.6. The number of ether oxygens (including phenoxy) is 3. The molecule has 1 aromatic rings. The van der Waals surface area contributed by atoms with E-state index in [0.717, 1.165) is 5.56 Å². The summed E-state index contributed by atoms with van der Waals surface area (Å²) in [6, 6.07) is 5.19. The number of rotatable bonds is 8. The summed E-state index contributed by atoms with van der Waals surface area (Å²) in [5.74, 6) is 1.22. The van der Waals surface area contributed by atoms with Gasteiger partial charge in [0.15, 0.2) is 17.7 Å². The Balaban J connectivity index is 2.77. The lowest BCUT2D eigenvalue weighted by Crippen LogP contribution is -2.40. The van der Waals surface area contributed by atoms with Crippen LogP contribution in [0.25, 0.3) is 6.08 Å². The molecule has 0 aliphatic rings. The van der Waals surface area contributed by atoms with E-state index in [0.29, 0.717) is 23.8 Å². The zero-order chi connectivity index (χ0) is 18.1. The van der Waals surface area contributed by atoms with Gasteiger partial charge in [-0.2, -0.15) is 0 Å². The quantitative estimate of drug-likeness (QED) is 0.627. The van der Waals surface area contributed by atoms with E-state index in [9.17, 15) is 9.90 Å². The molecule has 4 N–H and O–H groups in total. The van der Waals surface area contributed by atoms with E-state index in [1.807, 2.05) is 13.8 Å². The molecule has 0 saturated carbocycles. The Morgan fingerprint density at radius 2 is 2.04 bits per heavy atom. The highest BCUT2D eigenvalue weighted by atomic mass is 16.5. The first-order valence-corrected chi connectivity index (χ1v) is 7.66. The Morgan fingerprint density at radius 3 is 2.62 bits per heavy atom. The third-order valence-electron chi connectivity index (χ3n) is 3.21. The molecule has 0 aliphatic heterocycles. The number of aliphatic hydroxyl groups excluding tert-OH is 1. The highest BCUT2D eigenvalue weighted by Gasteiger charge is 2.19. The molecule has 7 nitrogen and oxygen atoms in total. The maximum Gasteiger partial charge on any atom is 0.410 e. The molecule has 0 aliphatic carbocycles. The lowest BCUT2D eigenvalue weighted by Gasteiger charge is -2.22. The lowest BCUT2D eigenvalue weighted by atomic mass is 10.1. The molecule has 1 aromatic carbocycles. The molecule has 0 bridgehead atoms. The van der Waals surface area contributed by atoms with Gasteiger partial charge in [-0.3, -0.25) is 11.1 Å². The molecule has 2 unspecified atom stereocenters. The van der Waals surface area contributed by atoms with Gasteiger partial charge in [0.2, 0.25) is 0 Å². The van der Waals surface area contributed by atoms with E-state index in [-0.39, 0.29) is 0 Å². The zero-order valence-electron chi connectivity index (χ0n) is 14.5. The monoisotopic (exact) mass is 338 g/mol. The van der Waals surface area contributed by atoms with Crippen LogP contribution >= 0.6 is 0 Å². The van der Waals surface area contributed by atoms with Crippen LogP contribution in [0.5, 0.6) is 11.5 Å². The van der Waals surface area contributed by atoms with Crippen molar-refractivity contribution in [1.29, 1.82) is 0 Å². The fourth-order valence-corrected chi connectivity index (χ4v) is 1.99. The highest BCUT2D eigenvalue weighted by molar-refractivity contribution is 5.69. The molecular weight excluding hydrogens is 312 g/mol. The fourth-order valence-electron chi connectivity index (χ4n) is 1.99. The third-order valence-corrected chi connectivity index (χ3v) is 3.21. The van der Waals surface area contributed by atoms with Gasteiger partial charge < -0.3 is 19.3 Å². The second kappa shape index (κ2) is 9.79. The Kier molecular flexibility index (Phi) is 8.08. The molecule has 134 valence electrons. The molecule has 1 amide bonds. The number of benzene rings is 1. The number of amides is 1. The van der Waals surface area contributed by atoms with Crippen molar-refractivity contribution in [3.63, 3.8) is 0 Å². The predicted octanol–water partition coefficient (Wildman–Crippen LogP) is 2.09. The summed E-state index contributed by atoms with van der Waals surface area (Å²) in [7, 11) is 2.80. The molecule has 0 radical (unpaired) electrons.